The first-order chi connectivity index (χ1) is 15.1. The number of nitrogens with two attached hydrogens (primary N) is 1. The van der Waals surface area contributed by atoms with Gasteiger partial charge in [-0.3, -0.25) is 14.4 Å². The van der Waals surface area contributed by atoms with Gasteiger partial charge in [-0.15, -0.1) is 0 Å². The average molecular weight is 419 g/mol. The molecule has 0 spiro atoms. The van der Waals surface area contributed by atoms with Crippen LogP contribution in [0.5, 0.6) is 0 Å². The number of rotatable bonds is 5. The van der Waals surface area contributed by atoms with Crippen molar-refractivity contribution in [1.29, 1.82) is 0 Å². The number of carbonyl (C=O) groups is 1. The Labute approximate surface area is 180 Å². The van der Waals surface area contributed by atoms with Crippen molar-refractivity contribution in [2.24, 2.45) is 12.8 Å². The van der Waals surface area contributed by atoms with Gasteiger partial charge in [0.05, 0.1) is 42.8 Å². The van der Waals surface area contributed by atoms with Gasteiger partial charge in [-0.1, -0.05) is 12.1 Å². The fourth-order valence-corrected chi connectivity index (χ4v) is 4.23. The maximum absolute atomic E-state index is 12.1. The second-order valence-corrected chi connectivity index (χ2v) is 8.11. The topological polar surface area (TPSA) is 111 Å². The van der Waals surface area contributed by atoms with Crippen LogP contribution in [0.25, 0.3) is 11.3 Å². The number of hydrogen-bond donors (Lipinski definition) is 2. The molecule has 0 saturated carbocycles. The van der Waals surface area contributed by atoms with Crippen LogP contribution < -0.4 is 11.1 Å². The maximum atomic E-state index is 12.1. The van der Waals surface area contributed by atoms with Crippen molar-refractivity contribution in [1.82, 2.24) is 24.6 Å². The first kappa shape index (κ1) is 19.7. The second kappa shape index (κ2) is 8.09. The van der Waals surface area contributed by atoms with E-state index in [1.807, 2.05) is 31.4 Å². The number of aromatic nitrogens is 4. The SMILES string of the molecule is Cn1cc(Nc2nccc(-c3ccc4c(c3)CN(C3COC3)CC[C@@H]4C(N)=O)n2)cn1. The number of primary amides is 1. The number of carbonyl (C=O) groups excluding carboxylic acids is 1. The first-order valence-corrected chi connectivity index (χ1v) is 10.4. The molecular formula is C22H25N7O2. The van der Waals surface area contributed by atoms with E-state index in [9.17, 15) is 4.79 Å². The van der Waals surface area contributed by atoms with Crippen molar-refractivity contribution in [3.63, 3.8) is 0 Å². The van der Waals surface area contributed by atoms with Gasteiger partial charge in [-0.2, -0.15) is 5.10 Å². The van der Waals surface area contributed by atoms with E-state index in [1.54, 1.807) is 17.1 Å². The van der Waals surface area contributed by atoms with Gasteiger partial charge in [0, 0.05) is 38.1 Å². The molecular weight excluding hydrogens is 394 g/mol. The van der Waals surface area contributed by atoms with E-state index in [2.05, 4.69) is 31.3 Å². The van der Waals surface area contributed by atoms with Crippen LogP contribution in [0.3, 0.4) is 0 Å². The molecule has 160 valence electrons. The molecule has 0 aliphatic carbocycles. The van der Waals surface area contributed by atoms with E-state index in [4.69, 9.17) is 10.5 Å². The van der Waals surface area contributed by atoms with E-state index < -0.39 is 0 Å². The first-order valence-electron chi connectivity index (χ1n) is 10.4. The molecule has 1 fully saturated rings. The second-order valence-electron chi connectivity index (χ2n) is 8.11. The summed E-state index contributed by atoms with van der Waals surface area (Å²) in [6.07, 6.45) is 6.05. The lowest BCUT2D eigenvalue weighted by Crippen LogP contribution is -2.48. The van der Waals surface area contributed by atoms with E-state index in [-0.39, 0.29) is 11.8 Å². The van der Waals surface area contributed by atoms with Gasteiger partial charge in [0.25, 0.3) is 0 Å². The molecule has 1 aromatic carbocycles. The molecule has 2 aliphatic heterocycles. The molecule has 0 radical (unpaired) electrons. The lowest BCUT2D eigenvalue weighted by molar-refractivity contribution is -0.119. The molecule has 5 rings (SSSR count). The zero-order valence-corrected chi connectivity index (χ0v) is 17.4. The Kier molecular flexibility index (Phi) is 5.13. The van der Waals surface area contributed by atoms with Crippen molar-refractivity contribution in [2.45, 2.75) is 24.9 Å². The molecule has 9 heteroatoms. The minimum absolute atomic E-state index is 0.272. The lowest BCUT2D eigenvalue weighted by atomic mass is 9.90. The third-order valence-corrected chi connectivity index (χ3v) is 5.99. The summed E-state index contributed by atoms with van der Waals surface area (Å²) in [5.41, 5.74) is 10.5. The highest BCUT2D eigenvalue weighted by molar-refractivity contribution is 5.83. The molecule has 0 bridgehead atoms. The number of nitrogens with one attached hydrogen (secondary N) is 1. The highest BCUT2D eigenvalue weighted by Gasteiger charge is 2.32. The minimum Gasteiger partial charge on any atom is -0.378 e. The van der Waals surface area contributed by atoms with Crippen LogP contribution in [-0.4, -0.2) is 56.4 Å². The minimum atomic E-state index is -0.275. The smallest absolute Gasteiger partial charge is 0.227 e. The zero-order chi connectivity index (χ0) is 21.4. The number of ether oxygens (including phenoxy) is 1. The van der Waals surface area contributed by atoms with Crippen LogP contribution in [0.15, 0.2) is 42.9 Å². The summed E-state index contributed by atoms with van der Waals surface area (Å²) in [4.78, 5) is 23.5. The Morgan fingerprint density at radius 3 is 2.87 bits per heavy atom. The maximum Gasteiger partial charge on any atom is 0.227 e. The predicted molar refractivity (Wildman–Crippen MR) is 116 cm³/mol. The van der Waals surface area contributed by atoms with Gasteiger partial charge in [-0.25, -0.2) is 9.97 Å². The van der Waals surface area contributed by atoms with Crippen LogP contribution in [0.1, 0.15) is 23.5 Å². The number of aryl methyl sites for hydroxylation is 1. The van der Waals surface area contributed by atoms with E-state index in [0.717, 1.165) is 60.8 Å². The molecule has 1 saturated heterocycles. The predicted octanol–water partition coefficient (Wildman–Crippen LogP) is 1.79. The van der Waals surface area contributed by atoms with Crippen LogP contribution >= 0.6 is 0 Å². The number of amides is 1. The standard InChI is InChI=1S/C22H25N7O2/c1-28-11-16(9-25-28)26-22-24-6-4-20(27-22)14-2-3-18-15(8-14)10-29(17-12-31-13-17)7-5-19(18)21(23)30/h2-4,6,8-9,11,17,19H,5,7,10,12-13H2,1H3,(H2,23,30)(H,24,26,27)/t19-/m0/s1. The molecule has 1 amide bonds. The Hall–Kier alpha value is -3.30. The number of anilines is 2. The van der Waals surface area contributed by atoms with Crippen LogP contribution in [-0.2, 0) is 23.1 Å². The number of nitrogens with zero attached hydrogens (tertiary/aromatic N) is 5. The number of hydrogen-bond acceptors (Lipinski definition) is 7. The average Bonchev–Trinajstić information content (AvgIpc) is 3.02. The summed E-state index contributed by atoms with van der Waals surface area (Å²) in [6, 6.07) is 8.44. The van der Waals surface area contributed by atoms with Crippen molar-refractivity contribution in [3.8, 4) is 11.3 Å². The molecule has 3 aromatic rings. The van der Waals surface area contributed by atoms with Crippen LogP contribution in [0.4, 0.5) is 11.6 Å². The van der Waals surface area contributed by atoms with Gasteiger partial charge in [0.2, 0.25) is 11.9 Å². The number of fused-ring (bicyclic) bond motifs is 1. The van der Waals surface area contributed by atoms with Gasteiger partial charge < -0.3 is 15.8 Å². The third kappa shape index (κ3) is 4.01. The molecule has 3 N–H and O–H groups in total. The summed E-state index contributed by atoms with van der Waals surface area (Å²) in [5.74, 6) is -0.0438. The van der Waals surface area contributed by atoms with Crippen molar-refractivity contribution in [3.05, 3.63) is 54.0 Å². The largest absolute Gasteiger partial charge is 0.378 e. The highest BCUT2D eigenvalue weighted by atomic mass is 16.5. The monoisotopic (exact) mass is 419 g/mol. The van der Waals surface area contributed by atoms with Gasteiger partial charge in [0.1, 0.15) is 0 Å². The van der Waals surface area contributed by atoms with Gasteiger partial charge in [0.15, 0.2) is 0 Å². The molecule has 2 aromatic heterocycles. The molecule has 2 aliphatic rings. The van der Waals surface area contributed by atoms with Crippen molar-refractivity contribution >= 4 is 17.5 Å². The Morgan fingerprint density at radius 2 is 2.16 bits per heavy atom. The lowest BCUT2D eigenvalue weighted by Gasteiger charge is -2.36. The summed E-state index contributed by atoms with van der Waals surface area (Å²) in [5, 5.41) is 7.33. The Bertz CT molecular complexity index is 1110. The van der Waals surface area contributed by atoms with Gasteiger partial charge in [-0.05, 0) is 29.7 Å². The van der Waals surface area contributed by atoms with E-state index in [0.29, 0.717) is 12.0 Å². The Balaban J connectivity index is 1.46. The normalized spacial score (nSPS) is 19.3. The van der Waals surface area contributed by atoms with Crippen molar-refractivity contribution in [2.75, 3.05) is 25.1 Å². The fraction of sp³-hybridized carbons (Fsp3) is 0.364. The number of benzene rings is 1. The quantitative estimate of drug-likeness (QED) is 0.649. The highest BCUT2D eigenvalue weighted by Crippen LogP contribution is 2.33. The molecule has 4 heterocycles. The molecule has 9 nitrogen and oxygen atoms in total. The molecule has 31 heavy (non-hydrogen) atoms. The Morgan fingerprint density at radius 1 is 1.29 bits per heavy atom. The summed E-state index contributed by atoms with van der Waals surface area (Å²) in [6.45, 7) is 3.09. The van der Waals surface area contributed by atoms with E-state index in [1.165, 1.54) is 0 Å². The fourth-order valence-electron chi connectivity index (χ4n) is 4.23. The summed E-state index contributed by atoms with van der Waals surface area (Å²) in [7, 11) is 1.86. The van der Waals surface area contributed by atoms with Crippen LogP contribution in [0.2, 0.25) is 0 Å². The van der Waals surface area contributed by atoms with Crippen molar-refractivity contribution < 1.29 is 9.53 Å². The summed E-state index contributed by atoms with van der Waals surface area (Å²) >= 11 is 0. The zero-order valence-electron chi connectivity index (χ0n) is 17.4. The summed E-state index contributed by atoms with van der Waals surface area (Å²) < 4.78 is 7.10. The molecule has 0 unspecified atom stereocenters. The molecule has 1 atom stereocenters. The third-order valence-electron chi connectivity index (χ3n) is 5.99. The van der Waals surface area contributed by atoms with E-state index >= 15 is 0 Å². The van der Waals surface area contributed by atoms with Crippen LogP contribution in [0, 0.1) is 0 Å². The van der Waals surface area contributed by atoms with Gasteiger partial charge >= 0.3 is 0 Å².